The van der Waals surface area contributed by atoms with Crippen LogP contribution in [0.25, 0.3) is 5.69 Å². The van der Waals surface area contributed by atoms with Gasteiger partial charge in [-0.1, -0.05) is 47.7 Å². The minimum atomic E-state index is -4.52. The average molecular weight is 530 g/mol. The molecule has 2 N–H and O–H groups in total. The van der Waals surface area contributed by atoms with Gasteiger partial charge in [-0.05, 0) is 61.9 Å². The van der Waals surface area contributed by atoms with Gasteiger partial charge in [0, 0.05) is 17.1 Å². The van der Waals surface area contributed by atoms with E-state index >= 15 is 0 Å². The molecule has 1 aromatic heterocycles. The number of nitrogens with one attached hydrogen (secondary N) is 2. The van der Waals surface area contributed by atoms with Crippen LogP contribution in [0.3, 0.4) is 0 Å². The number of anilines is 1. The van der Waals surface area contributed by atoms with Gasteiger partial charge in [0.1, 0.15) is 5.82 Å². The van der Waals surface area contributed by atoms with Gasteiger partial charge in [0.2, 0.25) is 0 Å². The third kappa shape index (κ3) is 6.67. The van der Waals surface area contributed by atoms with E-state index in [0.717, 1.165) is 28.9 Å². The molecule has 4 aromatic rings. The minimum absolute atomic E-state index is 0.00932. The normalized spacial score (nSPS) is 12.3. The van der Waals surface area contributed by atoms with E-state index in [0.29, 0.717) is 16.7 Å². The van der Waals surface area contributed by atoms with Gasteiger partial charge in [-0.2, -0.15) is 13.2 Å². The molecule has 37 heavy (non-hydrogen) atoms. The van der Waals surface area contributed by atoms with Crippen molar-refractivity contribution in [2.45, 2.75) is 37.0 Å². The minimum Gasteiger partial charge on any atom is -0.328 e. The summed E-state index contributed by atoms with van der Waals surface area (Å²) < 4.78 is 54.0. The second kappa shape index (κ2) is 11.0. The monoisotopic (exact) mass is 529 g/mol. The molecule has 0 saturated carbocycles. The van der Waals surface area contributed by atoms with Crippen LogP contribution < -0.4 is 10.6 Å². The van der Waals surface area contributed by atoms with Crippen molar-refractivity contribution < 1.29 is 22.4 Å². The molecule has 0 aliphatic heterocycles. The van der Waals surface area contributed by atoms with E-state index in [1.807, 2.05) is 35.8 Å². The number of carbonyl (C=O) groups excluding carboxylic acids is 1. The molecule has 11 heteroatoms. The molecule has 3 aromatic carbocycles. The van der Waals surface area contributed by atoms with E-state index < -0.39 is 23.8 Å². The third-order valence-electron chi connectivity index (χ3n) is 5.41. The third-order valence-corrected chi connectivity index (χ3v) is 6.41. The highest BCUT2D eigenvalue weighted by molar-refractivity contribution is 7.98. The lowest BCUT2D eigenvalue weighted by atomic mass is 10.2. The quantitative estimate of drug-likeness (QED) is 0.202. The highest BCUT2D eigenvalue weighted by Crippen LogP contribution is 2.31. The van der Waals surface area contributed by atoms with Crippen LogP contribution in [0.5, 0.6) is 0 Å². The SMILES string of the molecule is Cc1ccc(-n2c(SCc3ccc(F)cc3)nnc2C(C)NC(=O)Nc2cccc(C(F)(F)F)c2)cc1. The molecule has 6 nitrogen and oxygen atoms in total. The molecular formula is C26H23F4N5OS. The fourth-order valence-electron chi connectivity index (χ4n) is 3.52. The van der Waals surface area contributed by atoms with Gasteiger partial charge in [-0.3, -0.25) is 4.57 Å². The fourth-order valence-corrected chi connectivity index (χ4v) is 4.44. The van der Waals surface area contributed by atoms with Crippen LogP contribution in [0.4, 0.5) is 28.0 Å². The number of thioether (sulfide) groups is 1. The van der Waals surface area contributed by atoms with Gasteiger partial charge in [0.25, 0.3) is 0 Å². The van der Waals surface area contributed by atoms with Crippen molar-refractivity contribution >= 4 is 23.5 Å². The van der Waals surface area contributed by atoms with Crippen molar-refractivity contribution in [2.75, 3.05) is 5.32 Å². The number of carbonyl (C=O) groups is 1. The first-order valence-electron chi connectivity index (χ1n) is 11.2. The second-order valence-corrected chi connectivity index (χ2v) is 9.27. The number of nitrogens with zero attached hydrogens (tertiary/aromatic N) is 3. The number of hydrogen-bond acceptors (Lipinski definition) is 4. The first kappa shape index (κ1) is 26.2. The zero-order chi connectivity index (χ0) is 26.6. The number of aryl methyl sites for hydroxylation is 1. The van der Waals surface area contributed by atoms with E-state index in [2.05, 4.69) is 20.8 Å². The Morgan fingerprint density at radius 1 is 1.03 bits per heavy atom. The number of halogens is 4. The largest absolute Gasteiger partial charge is 0.416 e. The Labute approximate surface area is 215 Å². The first-order valence-corrected chi connectivity index (χ1v) is 12.2. The molecule has 0 aliphatic carbocycles. The number of hydrogen-bond donors (Lipinski definition) is 2. The number of rotatable bonds is 7. The molecule has 0 bridgehead atoms. The van der Waals surface area contributed by atoms with Crippen molar-refractivity contribution in [1.29, 1.82) is 0 Å². The summed E-state index contributed by atoms with van der Waals surface area (Å²) in [6.45, 7) is 3.66. The summed E-state index contributed by atoms with van der Waals surface area (Å²) in [6, 6.07) is 16.9. The standard InChI is InChI=1S/C26H23F4N5OS/c1-16-6-12-22(13-7-16)35-23(33-34-25(35)37-15-18-8-10-20(27)11-9-18)17(2)31-24(36)32-21-5-3-4-19(14-21)26(28,29)30/h3-14,17H,15H2,1-2H3,(H2,31,32,36). The summed E-state index contributed by atoms with van der Waals surface area (Å²) in [6.07, 6.45) is -4.52. The van der Waals surface area contributed by atoms with Crippen molar-refractivity contribution in [3.05, 3.63) is 101 Å². The Bertz CT molecular complexity index is 1370. The molecular weight excluding hydrogens is 506 g/mol. The van der Waals surface area contributed by atoms with Crippen LogP contribution in [-0.2, 0) is 11.9 Å². The Morgan fingerprint density at radius 2 is 1.73 bits per heavy atom. The molecule has 0 aliphatic rings. The molecule has 2 amide bonds. The Morgan fingerprint density at radius 3 is 2.41 bits per heavy atom. The molecule has 0 fully saturated rings. The van der Waals surface area contributed by atoms with Gasteiger partial charge in [0.15, 0.2) is 11.0 Å². The van der Waals surface area contributed by atoms with E-state index in [9.17, 15) is 22.4 Å². The first-order chi connectivity index (χ1) is 17.6. The number of urea groups is 1. The number of benzene rings is 3. The van der Waals surface area contributed by atoms with Crippen molar-refractivity contribution in [2.24, 2.45) is 0 Å². The maximum Gasteiger partial charge on any atom is 0.416 e. The van der Waals surface area contributed by atoms with Crippen molar-refractivity contribution in [3.8, 4) is 5.69 Å². The maximum atomic E-state index is 13.3. The maximum absolute atomic E-state index is 13.3. The lowest BCUT2D eigenvalue weighted by Gasteiger charge is -2.17. The zero-order valence-corrected chi connectivity index (χ0v) is 20.7. The predicted molar refractivity (Wildman–Crippen MR) is 134 cm³/mol. The Kier molecular flexibility index (Phi) is 7.82. The zero-order valence-electron chi connectivity index (χ0n) is 19.9. The smallest absolute Gasteiger partial charge is 0.328 e. The van der Waals surface area contributed by atoms with E-state index in [1.54, 1.807) is 19.1 Å². The van der Waals surface area contributed by atoms with Crippen LogP contribution >= 0.6 is 11.8 Å². The van der Waals surface area contributed by atoms with Crippen molar-refractivity contribution in [3.63, 3.8) is 0 Å². The summed E-state index contributed by atoms with van der Waals surface area (Å²) in [5.41, 5.74) is 1.89. The number of alkyl halides is 3. The molecule has 0 saturated heterocycles. The van der Waals surface area contributed by atoms with Gasteiger partial charge in [-0.15, -0.1) is 10.2 Å². The second-order valence-electron chi connectivity index (χ2n) is 8.33. The summed E-state index contributed by atoms with van der Waals surface area (Å²) in [7, 11) is 0. The highest BCUT2D eigenvalue weighted by Gasteiger charge is 2.30. The summed E-state index contributed by atoms with van der Waals surface area (Å²) >= 11 is 1.40. The predicted octanol–water partition coefficient (Wildman–Crippen LogP) is 6.91. The van der Waals surface area contributed by atoms with Gasteiger partial charge in [0.05, 0.1) is 11.6 Å². The lowest BCUT2D eigenvalue weighted by molar-refractivity contribution is -0.137. The average Bonchev–Trinajstić information content (AvgIpc) is 3.28. The van der Waals surface area contributed by atoms with Gasteiger partial charge >= 0.3 is 12.2 Å². The summed E-state index contributed by atoms with van der Waals surface area (Å²) in [5, 5.41) is 14.3. The molecule has 0 spiro atoms. The fraction of sp³-hybridized carbons (Fsp3) is 0.192. The molecule has 192 valence electrons. The molecule has 0 radical (unpaired) electrons. The molecule has 1 atom stereocenters. The molecule has 4 rings (SSSR count). The Balaban J connectivity index is 1.54. The summed E-state index contributed by atoms with van der Waals surface area (Å²) in [5.74, 6) is 0.633. The van der Waals surface area contributed by atoms with Crippen LogP contribution in [0.1, 0.15) is 35.5 Å². The van der Waals surface area contributed by atoms with E-state index in [-0.39, 0.29) is 11.5 Å². The van der Waals surface area contributed by atoms with E-state index in [4.69, 9.17) is 0 Å². The number of amides is 2. The Hall–Kier alpha value is -3.86. The van der Waals surface area contributed by atoms with Crippen LogP contribution in [0.2, 0.25) is 0 Å². The number of aromatic nitrogens is 3. The lowest BCUT2D eigenvalue weighted by Crippen LogP contribution is -2.32. The van der Waals surface area contributed by atoms with Crippen LogP contribution in [0.15, 0.2) is 78.0 Å². The summed E-state index contributed by atoms with van der Waals surface area (Å²) in [4.78, 5) is 12.6. The highest BCUT2D eigenvalue weighted by atomic mass is 32.2. The van der Waals surface area contributed by atoms with Gasteiger partial charge in [-0.25, -0.2) is 9.18 Å². The van der Waals surface area contributed by atoms with Crippen LogP contribution in [0, 0.1) is 12.7 Å². The molecule has 1 heterocycles. The van der Waals surface area contributed by atoms with Crippen LogP contribution in [-0.4, -0.2) is 20.8 Å². The van der Waals surface area contributed by atoms with Crippen molar-refractivity contribution in [1.82, 2.24) is 20.1 Å². The topological polar surface area (TPSA) is 71.8 Å². The van der Waals surface area contributed by atoms with E-state index in [1.165, 1.54) is 36.0 Å². The van der Waals surface area contributed by atoms with Gasteiger partial charge < -0.3 is 10.6 Å². The molecule has 1 unspecified atom stereocenters.